The van der Waals surface area contributed by atoms with Crippen molar-refractivity contribution in [1.82, 2.24) is 5.32 Å². The summed E-state index contributed by atoms with van der Waals surface area (Å²) in [6, 6.07) is 0. The number of nitrogens with one attached hydrogen (secondary N) is 1. The van der Waals surface area contributed by atoms with E-state index in [1.54, 1.807) is 0 Å². The van der Waals surface area contributed by atoms with Crippen LogP contribution < -0.4 is 5.32 Å². The molecule has 0 aromatic carbocycles. The largest absolute Gasteiger partial charge is 0.373 e. The minimum absolute atomic E-state index is 0.435. The zero-order chi connectivity index (χ0) is 9.86. The van der Waals surface area contributed by atoms with Gasteiger partial charge in [0.25, 0.3) is 0 Å². The van der Waals surface area contributed by atoms with Gasteiger partial charge in [-0.15, -0.1) is 0 Å². The van der Waals surface area contributed by atoms with Crippen molar-refractivity contribution in [2.75, 3.05) is 13.1 Å². The zero-order valence-electron chi connectivity index (χ0n) is 9.31. The number of amidine groups is 1. The molecule has 14 heavy (non-hydrogen) atoms. The van der Waals surface area contributed by atoms with Crippen LogP contribution in [0.5, 0.6) is 0 Å². The summed E-state index contributed by atoms with van der Waals surface area (Å²) in [6.07, 6.45) is 9.32. The normalized spacial score (nSPS) is 26.5. The lowest BCUT2D eigenvalue weighted by Crippen LogP contribution is -2.38. The van der Waals surface area contributed by atoms with Gasteiger partial charge in [0.15, 0.2) is 0 Å². The molecule has 0 amide bonds. The Labute approximate surface area is 87.2 Å². The molecular formula is C12H22N2. The number of hydrogen-bond acceptors (Lipinski definition) is 2. The standard InChI is InChI=1S/C12H22N2/c1-2-12(7-3-4-8-12)11-13-9-5-6-10-14-11/h2-10H2,1H3,(H,13,14). The molecule has 1 N–H and O–H groups in total. The van der Waals surface area contributed by atoms with E-state index in [4.69, 9.17) is 4.99 Å². The topological polar surface area (TPSA) is 24.4 Å². The summed E-state index contributed by atoms with van der Waals surface area (Å²) in [5.74, 6) is 1.34. The van der Waals surface area contributed by atoms with Gasteiger partial charge in [0.05, 0.1) is 0 Å². The highest BCUT2D eigenvalue weighted by Crippen LogP contribution is 2.41. The SMILES string of the molecule is CCC1(C2=NCCCCN2)CCCC1. The second-order valence-electron chi connectivity index (χ2n) is 4.71. The first-order chi connectivity index (χ1) is 6.87. The van der Waals surface area contributed by atoms with Crippen LogP contribution in [0.3, 0.4) is 0 Å². The highest BCUT2D eigenvalue weighted by molar-refractivity contribution is 5.88. The Hall–Kier alpha value is -0.530. The van der Waals surface area contributed by atoms with Crippen LogP contribution >= 0.6 is 0 Å². The van der Waals surface area contributed by atoms with E-state index >= 15 is 0 Å². The van der Waals surface area contributed by atoms with Crippen LogP contribution in [0.4, 0.5) is 0 Å². The number of hydrogen-bond donors (Lipinski definition) is 1. The summed E-state index contributed by atoms with van der Waals surface area (Å²) in [5, 5.41) is 3.57. The first-order valence-corrected chi connectivity index (χ1v) is 6.16. The highest BCUT2D eigenvalue weighted by Gasteiger charge is 2.37. The first-order valence-electron chi connectivity index (χ1n) is 6.16. The Morgan fingerprint density at radius 2 is 2.00 bits per heavy atom. The zero-order valence-corrected chi connectivity index (χ0v) is 9.31. The maximum absolute atomic E-state index is 4.75. The third-order valence-corrected chi connectivity index (χ3v) is 3.89. The molecule has 1 saturated carbocycles. The molecule has 0 saturated heterocycles. The van der Waals surface area contributed by atoms with Gasteiger partial charge in [0.2, 0.25) is 0 Å². The van der Waals surface area contributed by atoms with Crippen molar-refractivity contribution in [2.45, 2.75) is 51.9 Å². The van der Waals surface area contributed by atoms with Gasteiger partial charge in [-0.1, -0.05) is 19.8 Å². The molecule has 80 valence electrons. The maximum Gasteiger partial charge on any atom is 0.103 e. The molecule has 2 nitrogen and oxygen atoms in total. The fourth-order valence-corrected chi connectivity index (χ4v) is 2.86. The van der Waals surface area contributed by atoms with E-state index in [0.717, 1.165) is 13.1 Å². The van der Waals surface area contributed by atoms with E-state index in [2.05, 4.69) is 12.2 Å². The van der Waals surface area contributed by atoms with Crippen molar-refractivity contribution in [2.24, 2.45) is 10.4 Å². The van der Waals surface area contributed by atoms with Crippen molar-refractivity contribution in [1.29, 1.82) is 0 Å². The lowest BCUT2D eigenvalue weighted by Gasteiger charge is -2.29. The van der Waals surface area contributed by atoms with Crippen molar-refractivity contribution in [3.05, 3.63) is 0 Å². The van der Waals surface area contributed by atoms with Gasteiger partial charge < -0.3 is 5.32 Å². The first kappa shape index (κ1) is 10.0. The van der Waals surface area contributed by atoms with E-state index in [1.807, 2.05) is 0 Å². The van der Waals surface area contributed by atoms with Crippen LogP contribution in [-0.4, -0.2) is 18.9 Å². The number of rotatable bonds is 2. The van der Waals surface area contributed by atoms with Gasteiger partial charge in [0, 0.05) is 18.5 Å². The highest BCUT2D eigenvalue weighted by atomic mass is 15.0. The predicted octanol–water partition coefficient (Wildman–Crippen LogP) is 2.74. The van der Waals surface area contributed by atoms with Gasteiger partial charge >= 0.3 is 0 Å². The van der Waals surface area contributed by atoms with Crippen LogP contribution in [0.2, 0.25) is 0 Å². The molecule has 2 aliphatic rings. The number of nitrogens with zero attached hydrogens (tertiary/aromatic N) is 1. The molecular weight excluding hydrogens is 172 g/mol. The van der Waals surface area contributed by atoms with Gasteiger partial charge in [0.1, 0.15) is 5.84 Å². The Morgan fingerprint density at radius 3 is 2.71 bits per heavy atom. The Morgan fingerprint density at radius 1 is 1.21 bits per heavy atom. The molecule has 1 fully saturated rings. The smallest absolute Gasteiger partial charge is 0.103 e. The quantitative estimate of drug-likeness (QED) is 0.718. The number of aliphatic imine (C=N–C) groups is 1. The molecule has 1 aliphatic heterocycles. The van der Waals surface area contributed by atoms with Crippen molar-refractivity contribution in [3.63, 3.8) is 0 Å². The average molecular weight is 194 g/mol. The maximum atomic E-state index is 4.75. The van der Waals surface area contributed by atoms with E-state index in [0.29, 0.717) is 5.41 Å². The molecule has 0 aromatic rings. The van der Waals surface area contributed by atoms with E-state index in [9.17, 15) is 0 Å². The summed E-state index contributed by atoms with van der Waals surface area (Å²) >= 11 is 0. The van der Waals surface area contributed by atoms with Crippen LogP contribution in [0.1, 0.15) is 51.9 Å². The fraction of sp³-hybridized carbons (Fsp3) is 0.917. The summed E-state index contributed by atoms with van der Waals surface area (Å²) in [6.45, 7) is 4.51. The van der Waals surface area contributed by atoms with Crippen LogP contribution in [-0.2, 0) is 0 Å². The van der Waals surface area contributed by atoms with Crippen molar-refractivity contribution in [3.8, 4) is 0 Å². The minimum atomic E-state index is 0.435. The summed E-state index contributed by atoms with van der Waals surface area (Å²) < 4.78 is 0. The minimum Gasteiger partial charge on any atom is -0.373 e. The van der Waals surface area contributed by atoms with Crippen LogP contribution in [0, 0.1) is 5.41 Å². The molecule has 0 atom stereocenters. The van der Waals surface area contributed by atoms with E-state index in [-0.39, 0.29) is 0 Å². The molecule has 2 heteroatoms. The van der Waals surface area contributed by atoms with Gasteiger partial charge in [-0.05, 0) is 32.1 Å². The molecule has 0 aromatic heterocycles. The van der Waals surface area contributed by atoms with E-state index < -0.39 is 0 Å². The van der Waals surface area contributed by atoms with Gasteiger partial charge in [-0.2, -0.15) is 0 Å². The molecule has 0 spiro atoms. The average Bonchev–Trinajstić information content (AvgIpc) is 2.54. The molecule has 0 unspecified atom stereocenters. The Kier molecular flexibility index (Phi) is 3.09. The summed E-state index contributed by atoms with van der Waals surface area (Å²) in [5.41, 5.74) is 0.435. The van der Waals surface area contributed by atoms with E-state index in [1.165, 1.54) is 50.8 Å². The van der Waals surface area contributed by atoms with Gasteiger partial charge in [-0.25, -0.2) is 0 Å². The lowest BCUT2D eigenvalue weighted by molar-refractivity contribution is 0.405. The molecule has 0 bridgehead atoms. The monoisotopic (exact) mass is 194 g/mol. The van der Waals surface area contributed by atoms with Crippen LogP contribution in [0.25, 0.3) is 0 Å². The van der Waals surface area contributed by atoms with Crippen molar-refractivity contribution >= 4 is 5.84 Å². The van der Waals surface area contributed by atoms with Crippen LogP contribution in [0.15, 0.2) is 4.99 Å². The third-order valence-electron chi connectivity index (χ3n) is 3.89. The van der Waals surface area contributed by atoms with Gasteiger partial charge in [-0.3, -0.25) is 4.99 Å². The lowest BCUT2D eigenvalue weighted by atomic mass is 9.82. The molecule has 1 aliphatic carbocycles. The molecule has 2 rings (SSSR count). The predicted molar refractivity (Wildman–Crippen MR) is 60.7 cm³/mol. The molecule has 0 radical (unpaired) electrons. The Balaban J connectivity index is 2.12. The summed E-state index contributed by atoms with van der Waals surface area (Å²) in [4.78, 5) is 4.75. The second kappa shape index (κ2) is 4.33. The second-order valence-corrected chi connectivity index (χ2v) is 4.71. The summed E-state index contributed by atoms with van der Waals surface area (Å²) in [7, 11) is 0. The molecule has 1 heterocycles. The van der Waals surface area contributed by atoms with Crippen molar-refractivity contribution < 1.29 is 0 Å². The fourth-order valence-electron chi connectivity index (χ4n) is 2.86. The third kappa shape index (κ3) is 1.79. The Bertz CT molecular complexity index is 214.